The van der Waals surface area contributed by atoms with Crippen molar-refractivity contribution in [1.82, 2.24) is 19.7 Å². The van der Waals surface area contributed by atoms with Gasteiger partial charge in [-0.25, -0.2) is 4.68 Å². The van der Waals surface area contributed by atoms with Crippen molar-refractivity contribution in [3.63, 3.8) is 0 Å². The van der Waals surface area contributed by atoms with Crippen LogP contribution in [0.4, 0.5) is 0 Å². The van der Waals surface area contributed by atoms with Crippen molar-refractivity contribution in [2.45, 2.75) is 30.7 Å². The van der Waals surface area contributed by atoms with E-state index in [0.717, 1.165) is 18.7 Å². The first-order chi connectivity index (χ1) is 13.8. The van der Waals surface area contributed by atoms with Gasteiger partial charge in [-0.2, -0.15) is 5.10 Å². The number of nitrogens with zero attached hydrogens (tertiary/aromatic N) is 3. The summed E-state index contributed by atoms with van der Waals surface area (Å²) in [5.41, 5.74) is 6.61. The van der Waals surface area contributed by atoms with Crippen LogP contribution in [0.3, 0.4) is 0 Å². The van der Waals surface area contributed by atoms with Gasteiger partial charge in [0, 0.05) is 47.7 Å². The van der Waals surface area contributed by atoms with Crippen LogP contribution in [0.15, 0.2) is 67.0 Å². The van der Waals surface area contributed by atoms with Crippen LogP contribution in [0.5, 0.6) is 0 Å². The number of aromatic amines is 1. The van der Waals surface area contributed by atoms with Gasteiger partial charge in [-0.15, -0.1) is 0 Å². The van der Waals surface area contributed by atoms with Gasteiger partial charge in [0.1, 0.15) is 0 Å². The van der Waals surface area contributed by atoms with Crippen molar-refractivity contribution < 1.29 is 0 Å². The lowest BCUT2D eigenvalue weighted by molar-refractivity contribution is 0.138. The number of piperidine rings is 1. The number of likely N-dealkylation sites (tertiary alicyclic amines) is 1. The van der Waals surface area contributed by atoms with Crippen molar-refractivity contribution in [3.05, 3.63) is 83.8 Å². The molecule has 2 aromatic heterocycles. The molecule has 0 amide bonds. The quantitative estimate of drug-likeness (QED) is 0.566. The summed E-state index contributed by atoms with van der Waals surface area (Å²) >= 11 is 0. The van der Waals surface area contributed by atoms with Crippen LogP contribution in [0.1, 0.15) is 35.1 Å². The molecule has 0 spiro atoms. The second kappa shape index (κ2) is 6.08. The first-order valence-corrected chi connectivity index (χ1v) is 10.2. The number of hydrogen-bond acceptors (Lipinski definition) is 2. The minimum Gasteiger partial charge on any atom is -0.361 e. The molecule has 3 atom stereocenters. The largest absolute Gasteiger partial charge is 0.361 e. The van der Waals surface area contributed by atoms with Crippen LogP contribution in [0.2, 0.25) is 0 Å². The lowest BCUT2D eigenvalue weighted by atomic mass is 9.72. The molecule has 4 heteroatoms. The fourth-order valence-electron chi connectivity index (χ4n) is 5.44. The van der Waals surface area contributed by atoms with Gasteiger partial charge >= 0.3 is 0 Å². The predicted octanol–water partition coefficient (Wildman–Crippen LogP) is 4.48. The number of rotatable bonds is 2. The molecule has 28 heavy (non-hydrogen) atoms. The fourth-order valence-corrected chi connectivity index (χ4v) is 5.44. The minimum atomic E-state index is 0.465. The maximum absolute atomic E-state index is 4.94. The lowest BCUT2D eigenvalue weighted by Crippen LogP contribution is -2.47. The number of aromatic nitrogens is 3. The molecule has 1 N–H and O–H groups in total. The van der Waals surface area contributed by atoms with E-state index in [4.69, 9.17) is 5.10 Å². The Morgan fingerprint density at radius 3 is 2.82 bits per heavy atom. The molecule has 6 rings (SSSR count). The molecule has 0 saturated carbocycles. The number of fused-ring (bicyclic) bond motifs is 2. The highest BCUT2D eigenvalue weighted by molar-refractivity contribution is 5.88. The van der Waals surface area contributed by atoms with Gasteiger partial charge in [0.25, 0.3) is 0 Å². The topological polar surface area (TPSA) is 36.9 Å². The molecule has 1 aliphatic heterocycles. The van der Waals surface area contributed by atoms with E-state index in [9.17, 15) is 0 Å². The summed E-state index contributed by atoms with van der Waals surface area (Å²) in [6.07, 6.45) is 6.63. The van der Waals surface area contributed by atoms with Crippen LogP contribution in [-0.2, 0) is 6.42 Å². The molecule has 2 aromatic carbocycles. The van der Waals surface area contributed by atoms with Gasteiger partial charge in [0.2, 0.25) is 0 Å². The summed E-state index contributed by atoms with van der Waals surface area (Å²) in [6, 6.07) is 19.9. The van der Waals surface area contributed by atoms with Gasteiger partial charge < -0.3 is 9.88 Å². The van der Waals surface area contributed by atoms with Crippen LogP contribution in [0, 0.1) is 0 Å². The third kappa shape index (κ3) is 2.38. The van der Waals surface area contributed by atoms with Gasteiger partial charge in [0.15, 0.2) is 0 Å². The van der Waals surface area contributed by atoms with E-state index in [1.165, 1.54) is 34.1 Å². The Bertz CT molecular complexity index is 1140. The molecule has 1 saturated heterocycles. The summed E-state index contributed by atoms with van der Waals surface area (Å²) in [4.78, 5) is 6.04. The highest BCUT2D eigenvalue weighted by Crippen LogP contribution is 2.46. The standard InChI is InChI=1S/C24H24N4/c1-27-15-17(21-10-11-28(26-21)18-6-3-2-4-7-18)12-20-19-8-5-9-22-24(19)16(14-25-22)13-23(20)27/h2-11,14,17,20,23,25H,12-13,15H2,1H3/t17-,20-,23-/m1/s1. The smallest absolute Gasteiger partial charge is 0.0672 e. The molecule has 4 aromatic rings. The minimum absolute atomic E-state index is 0.465. The molecule has 3 heterocycles. The van der Waals surface area contributed by atoms with Crippen molar-refractivity contribution in [2.75, 3.05) is 13.6 Å². The van der Waals surface area contributed by atoms with Crippen molar-refractivity contribution in [3.8, 4) is 5.69 Å². The second-order valence-corrected chi connectivity index (χ2v) is 8.35. The Morgan fingerprint density at radius 2 is 1.93 bits per heavy atom. The number of nitrogens with one attached hydrogen (secondary N) is 1. The number of H-pyrrole nitrogens is 1. The zero-order valence-corrected chi connectivity index (χ0v) is 16.0. The highest BCUT2D eigenvalue weighted by atomic mass is 15.3. The number of benzene rings is 2. The van der Waals surface area contributed by atoms with Gasteiger partial charge in [-0.1, -0.05) is 30.3 Å². The molecule has 140 valence electrons. The van der Waals surface area contributed by atoms with E-state index in [1.54, 1.807) is 0 Å². The van der Waals surface area contributed by atoms with Gasteiger partial charge in [-0.05, 0) is 55.3 Å². The van der Waals surface area contributed by atoms with E-state index in [2.05, 4.69) is 77.9 Å². The molecular formula is C24H24N4. The number of hydrogen-bond donors (Lipinski definition) is 1. The van der Waals surface area contributed by atoms with E-state index >= 15 is 0 Å². The maximum Gasteiger partial charge on any atom is 0.0672 e. The van der Waals surface area contributed by atoms with Gasteiger partial charge in [0.05, 0.1) is 11.4 Å². The zero-order valence-electron chi connectivity index (χ0n) is 16.0. The molecular weight excluding hydrogens is 344 g/mol. The normalized spacial score (nSPS) is 24.4. The number of likely N-dealkylation sites (N-methyl/N-ethyl adjacent to an activating group) is 1. The van der Waals surface area contributed by atoms with E-state index in [-0.39, 0.29) is 0 Å². The molecule has 0 bridgehead atoms. The summed E-state index contributed by atoms with van der Waals surface area (Å²) < 4.78 is 2.01. The Labute approximate surface area is 164 Å². The third-order valence-corrected chi connectivity index (χ3v) is 6.77. The van der Waals surface area contributed by atoms with Crippen LogP contribution in [0.25, 0.3) is 16.6 Å². The van der Waals surface area contributed by atoms with E-state index in [1.807, 2.05) is 10.7 Å². The average molecular weight is 368 g/mol. The van der Waals surface area contributed by atoms with E-state index < -0.39 is 0 Å². The summed E-state index contributed by atoms with van der Waals surface area (Å²) in [5, 5.41) is 6.41. The lowest BCUT2D eigenvalue weighted by Gasteiger charge is -2.45. The molecule has 0 radical (unpaired) electrons. The Morgan fingerprint density at radius 1 is 1.04 bits per heavy atom. The fraction of sp³-hybridized carbons (Fsp3) is 0.292. The summed E-state index contributed by atoms with van der Waals surface area (Å²) in [6.45, 7) is 1.07. The predicted molar refractivity (Wildman–Crippen MR) is 112 cm³/mol. The van der Waals surface area contributed by atoms with Crippen molar-refractivity contribution >= 4 is 10.9 Å². The van der Waals surface area contributed by atoms with Crippen LogP contribution >= 0.6 is 0 Å². The SMILES string of the molecule is CN1C[C@H](c2ccn(-c3ccccc3)n2)C[C@@H]2c3cccc4[nH]cc(c34)C[C@H]21. The molecule has 1 fully saturated rings. The second-order valence-electron chi connectivity index (χ2n) is 8.35. The third-order valence-electron chi connectivity index (χ3n) is 6.77. The van der Waals surface area contributed by atoms with E-state index in [0.29, 0.717) is 17.9 Å². The van der Waals surface area contributed by atoms with Crippen molar-refractivity contribution in [2.24, 2.45) is 0 Å². The first-order valence-electron chi connectivity index (χ1n) is 10.2. The Hall–Kier alpha value is -2.85. The molecule has 2 aliphatic rings. The Balaban J connectivity index is 1.36. The average Bonchev–Trinajstić information content (AvgIpc) is 3.38. The van der Waals surface area contributed by atoms with Gasteiger partial charge in [-0.3, -0.25) is 0 Å². The Kier molecular flexibility index (Phi) is 3.50. The summed E-state index contributed by atoms with van der Waals surface area (Å²) in [7, 11) is 2.29. The van der Waals surface area contributed by atoms with Crippen molar-refractivity contribution in [1.29, 1.82) is 0 Å². The first kappa shape index (κ1) is 16.1. The highest BCUT2D eigenvalue weighted by Gasteiger charge is 2.40. The van der Waals surface area contributed by atoms with Crippen LogP contribution in [-0.4, -0.2) is 39.3 Å². The van der Waals surface area contributed by atoms with Crippen LogP contribution < -0.4 is 0 Å². The molecule has 1 aliphatic carbocycles. The monoisotopic (exact) mass is 368 g/mol. The zero-order chi connectivity index (χ0) is 18.7. The summed E-state index contributed by atoms with van der Waals surface area (Å²) in [5.74, 6) is 1.03. The maximum atomic E-state index is 4.94. The number of para-hydroxylation sites is 1. The molecule has 0 unspecified atom stereocenters. The molecule has 4 nitrogen and oxygen atoms in total.